The molecule has 0 aromatic heterocycles. The zero-order chi connectivity index (χ0) is 15.4. The highest BCUT2D eigenvalue weighted by Gasteiger charge is 2.27. The summed E-state index contributed by atoms with van der Waals surface area (Å²) < 4.78 is 5.21. The molecule has 1 rings (SSSR count). The van der Waals surface area contributed by atoms with Crippen molar-refractivity contribution in [2.24, 2.45) is 0 Å². The van der Waals surface area contributed by atoms with E-state index in [-0.39, 0.29) is 5.56 Å². The van der Waals surface area contributed by atoms with Crippen molar-refractivity contribution in [1.29, 1.82) is 0 Å². The summed E-state index contributed by atoms with van der Waals surface area (Å²) in [5.41, 5.74) is -0.860. The van der Waals surface area contributed by atoms with Crippen LogP contribution in [0.2, 0.25) is 0 Å². The molecule has 1 unspecified atom stereocenters. The van der Waals surface area contributed by atoms with Crippen LogP contribution >= 0.6 is 0 Å². The van der Waals surface area contributed by atoms with Crippen molar-refractivity contribution in [2.45, 2.75) is 13.0 Å². The Labute approximate surface area is 114 Å². The molecule has 0 aliphatic heterocycles. The fourth-order valence-electron chi connectivity index (χ4n) is 1.55. The minimum absolute atomic E-state index is 0.363. The van der Waals surface area contributed by atoms with Crippen LogP contribution in [0, 0.1) is 10.1 Å². The molecule has 1 N–H and O–H groups in total. The van der Waals surface area contributed by atoms with Gasteiger partial charge in [-0.15, -0.1) is 0 Å². The average Bonchev–Trinajstić information content (AvgIpc) is 2.37. The van der Waals surface area contributed by atoms with Gasteiger partial charge in [0.05, 0.1) is 4.92 Å². The summed E-state index contributed by atoms with van der Waals surface area (Å²) in [6, 6.07) is 3.54. The molecule has 0 spiro atoms. The third kappa shape index (κ3) is 3.22. The molecule has 1 aromatic rings. The summed E-state index contributed by atoms with van der Waals surface area (Å²) in [7, 11) is 3.00. The van der Waals surface area contributed by atoms with Crippen LogP contribution in [0.25, 0.3) is 0 Å². The van der Waals surface area contributed by atoms with Crippen molar-refractivity contribution in [1.82, 2.24) is 4.90 Å². The van der Waals surface area contributed by atoms with E-state index in [1.165, 1.54) is 38.1 Å². The molecule has 8 nitrogen and oxygen atoms in total. The molecule has 1 amide bonds. The summed E-state index contributed by atoms with van der Waals surface area (Å²) in [6.07, 6.45) is -1.04. The Kier molecular flexibility index (Phi) is 4.63. The van der Waals surface area contributed by atoms with Gasteiger partial charge < -0.3 is 14.7 Å². The topological polar surface area (TPSA) is 110 Å². The largest absolute Gasteiger partial charge is 0.478 e. The van der Waals surface area contributed by atoms with Crippen molar-refractivity contribution in [3.05, 3.63) is 33.9 Å². The van der Waals surface area contributed by atoms with E-state index in [0.717, 1.165) is 6.07 Å². The molecule has 0 radical (unpaired) electrons. The van der Waals surface area contributed by atoms with E-state index in [1.807, 2.05) is 0 Å². The molecule has 0 bridgehead atoms. The maximum Gasteiger partial charge on any atom is 0.339 e. The third-order valence-corrected chi connectivity index (χ3v) is 2.50. The highest BCUT2D eigenvalue weighted by molar-refractivity contribution is 5.93. The van der Waals surface area contributed by atoms with Gasteiger partial charge in [0.1, 0.15) is 5.56 Å². The number of nitro groups is 1. The standard InChI is InChI=1S/C12H14N2O6/c1-7(11(15)13(2)3)20-10-8(12(16)17)5-4-6-9(10)14(18)19/h4-7H,1-3H3,(H,16,17). The fourth-order valence-corrected chi connectivity index (χ4v) is 1.55. The Bertz CT molecular complexity index is 523. The van der Waals surface area contributed by atoms with E-state index in [9.17, 15) is 19.7 Å². The van der Waals surface area contributed by atoms with E-state index >= 15 is 0 Å². The summed E-state index contributed by atoms with van der Waals surface area (Å²) in [5, 5.41) is 20.0. The zero-order valence-electron chi connectivity index (χ0n) is 11.2. The number of nitrogens with zero attached hydrogens (tertiary/aromatic N) is 2. The van der Waals surface area contributed by atoms with E-state index in [0.29, 0.717) is 0 Å². The number of hydrogen-bond acceptors (Lipinski definition) is 5. The first-order valence-corrected chi connectivity index (χ1v) is 5.64. The number of likely N-dealkylation sites (N-methyl/N-ethyl adjacent to an activating group) is 1. The molecule has 0 saturated carbocycles. The maximum atomic E-state index is 11.7. The predicted octanol–water partition coefficient (Wildman–Crippen LogP) is 1.15. The quantitative estimate of drug-likeness (QED) is 0.640. The lowest BCUT2D eigenvalue weighted by atomic mass is 10.1. The normalized spacial score (nSPS) is 11.6. The molecule has 8 heteroatoms. The molecule has 0 fully saturated rings. The summed E-state index contributed by atoms with van der Waals surface area (Å²) in [4.78, 5) is 34.2. The van der Waals surface area contributed by atoms with Crippen LogP contribution in [0.1, 0.15) is 17.3 Å². The summed E-state index contributed by atoms with van der Waals surface area (Å²) in [5.74, 6) is -2.22. The first kappa shape index (κ1) is 15.4. The molecule has 0 aliphatic rings. The average molecular weight is 282 g/mol. The van der Waals surface area contributed by atoms with Crippen molar-refractivity contribution >= 4 is 17.6 Å². The predicted molar refractivity (Wildman–Crippen MR) is 68.8 cm³/mol. The molecule has 1 aromatic carbocycles. The van der Waals surface area contributed by atoms with Gasteiger partial charge in [0.2, 0.25) is 5.75 Å². The number of carboxylic acids is 1. The number of carbonyl (C=O) groups is 2. The van der Waals surface area contributed by atoms with Crippen LogP contribution in [0.15, 0.2) is 18.2 Å². The Morgan fingerprint density at radius 3 is 2.45 bits per heavy atom. The van der Waals surface area contributed by atoms with Gasteiger partial charge in [-0.2, -0.15) is 0 Å². The summed E-state index contributed by atoms with van der Waals surface area (Å²) >= 11 is 0. The van der Waals surface area contributed by atoms with E-state index in [2.05, 4.69) is 0 Å². The molecule has 0 heterocycles. The van der Waals surface area contributed by atoms with Crippen LogP contribution in [0.5, 0.6) is 5.75 Å². The van der Waals surface area contributed by atoms with Gasteiger partial charge in [0.25, 0.3) is 5.91 Å². The number of carbonyl (C=O) groups excluding carboxylic acids is 1. The van der Waals surface area contributed by atoms with E-state index in [4.69, 9.17) is 9.84 Å². The minimum Gasteiger partial charge on any atom is -0.478 e. The zero-order valence-corrected chi connectivity index (χ0v) is 11.2. The molecule has 1 atom stereocenters. The van der Waals surface area contributed by atoms with Gasteiger partial charge in [-0.3, -0.25) is 14.9 Å². The van der Waals surface area contributed by atoms with E-state index < -0.39 is 34.3 Å². The van der Waals surface area contributed by atoms with E-state index in [1.54, 1.807) is 0 Å². The van der Waals surface area contributed by atoms with Gasteiger partial charge in [-0.05, 0) is 13.0 Å². The lowest BCUT2D eigenvalue weighted by molar-refractivity contribution is -0.386. The van der Waals surface area contributed by atoms with Crippen molar-refractivity contribution in [3.8, 4) is 5.75 Å². The smallest absolute Gasteiger partial charge is 0.339 e. The summed E-state index contributed by atoms with van der Waals surface area (Å²) in [6.45, 7) is 1.39. The maximum absolute atomic E-state index is 11.7. The lowest BCUT2D eigenvalue weighted by Gasteiger charge is -2.19. The number of aromatic carboxylic acids is 1. The molecule has 20 heavy (non-hydrogen) atoms. The minimum atomic E-state index is -1.37. The Balaban J connectivity index is 3.24. The van der Waals surface area contributed by atoms with Gasteiger partial charge in [-0.25, -0.2) is 4.79 Å². The highest BCUT2D eigenvalue weighted by atomic mass is 16.6. The van der Waals surface area contributed by atoms with Crippen LogP contribution < -0.4 is 4.74 Å². The Morgan fingerprint density at radius 2 is 2.00 bits per heavy atom. The molecular formula is C12H14N2O6. The second-order valence-corrected chi connectivity index (χ2v) is 4.21. The number of carboxylic acid groups (broad SMARTS) is 1. The van der Waals surface area contributed by atoms with Crippen LogP contribution in [0.4, 0.5) is 5.69 Å². The Hall–Kier alpha value is -2.64. The SMILES string of the molecule is CC(Oc1c(C(=O)O)cccc1[N+](=O)[O-])C(=O)N(C)C. The van der Waals surface area contributed by atoms with Gasteiger partial charge in [-0.1, -0.05) is 6.07 Å². The number of para-hydroxylation sites is 1. The number of nitro benzene ring substituents is 1. The number of benzene rings is 1. The van der Waals surface area contributed by atoms with Crippen molar-refractivity contribution < 1.29 is 24.4 Å². The first-order chi connectivity index (χ1) is 9.25. The molecular weight excluding hydrogens is 268 g/mol. The van der Waals surface area contributed by atoms with Crippen molar-refractivity contribution in [3.63, 3.8) is 0 Å². The van der Waals surface area contributed by atoms with Gasteiger partial charge >= 0.3 is 11.7 Å². The number of amides is 1. The Morgan fingerprint density at radius 1 is 1.40 bits per heavy atom. The highest BCUT2D eigenvalue weighted by Crippen LogP contribution is 2.31. The van der Waals surface area contributed by atoms with Gasteiger partial charge in [0, 0.05) is 20.2 Å². The number of rotatable bonds is 5. The van der Waals surface area contributed by atoms with Gasteiger partial charge in [0.15, 0.2) is 6.10 Å². The van der Waals surface area contributed by atoms with Crippen LogP contribution in [-0.2, 0) is 4.79 Å². The van der Waals surface area contributed by atoms with Crippen LogP contribution in [-0.4, -0.2) is 47.0 Å². The lowest BCUT2D eigenvalue weighted by Crippen LogP contribution is -2.35. The van der Waals surface area contributed by atoms with Crippen molar-refractivity contribution in [2.75, 3.05) is 14.1 Å². The first-order valence-electron chi connectivity index (χ1n) is 5.64. The third-order valence-electron chi connectivity index (χ3n) is 2.50. The molecule has 0 aliphatic carbocycles. The monoisotopic (exact) mass is 282 g/mol. The van der Waals surface area contributed by atoms with Crippen LogP contribution in [0.3, 0.4) is 0 Å². The number of hydrogen-bond donors (Lipinski definition) is 1. The number of ether oxygens (including phenoxy) is 1. The molecule has 0 saturated heterocycles. The second kappa shape index (κ2) is 6.00. The second-order valence-electron chi connectivity index (χ2n) is 4.21. The molecule has 108 valence electrons. The fraction of sp³-hybridized carbons (Fsp3) is 0.333.